The highest BCUT2D eigenvalue weighted by Gasteiger charge is 2.15. The molecule has 0 atom stereocenters. The lowest BCUT2D eigenvalue weighted by atomic mass is 10.1. The molecule has 0 fully saturated rings. The molecule has 0 saturated heterocycles. The van der Waals surface area contributed by atoms with Gasteiger partial charge in [-0.1, -0.05) is 18.2 Å². The number of benzene rings is 1. The van der Waals surface area contributed by atoms with Crippen LogP contribution in [-0.4, -0.2) is 28.5 Å². The number of amides is 1. The molecule has 2 aromatic rings. The molecule has 128 valence electrons. The molecular weight excluding hydrogens is 304 g/mol. The Labute approximate surface area is 142 Å². The molecule has 1 amide bonds. The maximum atomic E-state index is 12.4. The minimum absolute atomic E-state index is 0.182. The van der Waals surface area contributed by atoms with Crippen LogP contribution < -0.4 is 15.4 Å². The Hall–Kier alpha value is -2.63. The Kier molecular flexibility index (Phi) is 5.39. The number of para-hydroxylation sites is 1. The molecule has 1 aromatic heterocycles. The Bertz CT molecular complexity index is 723. The molecule has 0 spiro atoms. The van der Waals surface area contributed by atoms with Crippen LogP contribution in [0.1, 0.15) is 42.5 Å². The van der Waals surface area contributed by atoms with Crippen LogP contribution in [0.2, 0.25) is 0 Å². The number of hydrogen-bond donors (Lipinski definition) is 2. The topological polar surface area (TPSA) is 76.1 Å². The number of aryl methyl sites for hydroxylation is 1. The second-order valence-electron chi connectivity index (χ2n) is 6.59. The average Bonchev–Trinajstić information content (AvgIpc) is 2.50. The Morgan fingerprint density at radius 1 is 1.21 bits per heavy atom. The summed E-state index contributed by atoms with van der Waals surface area (Å²) in [5.41, 5.74) is 1.80. The fourth-order valence-corrected chi connectivity index (χ4v) is 2.19. The van der Waals surface area contributed by atoms with Crippen molar-refractivity contribution in [2.24, 2.45) is 0 Å². The maximum absolute atomic E-state index is 12.4. The predicted octanol–water partition coefficient (Wildman–Crippen LogP) is 2.93. The van der Waals surface area contributed by atoms with Gasteiger partial charge in [-0.25, -0.2) is 9.97 Å². The number of nitrogens with one attached hydrogen (secondary N) is 2. The zero-order valence-corrected chi connectivity index (χ0v) is 14.8. The third-order valence-corrected chi connectivity index (χ3v) is 3.21. The van der Waals surface area contributed by atoms with E-state index in [-0.39, 0.29) is 11.4 Å². The summed E-state index contributed by atoms with van der Waals surface area (Å²) in [7, 11) is 1.61. The summed E-state index contributed by atoms with van der Waals surface area (Å²) in [5.74, 6) is 0.945. The van der Waals surface area contributed by atoms with Crippen molar-refractivity contribution in [2.45, 2.75) is 39.8 Å². The number of methoxy groups -OCH3 is 1. The molecule has 0 radical (unpaired) electrons. The first-order valence-electron chi connectivity index (χ1n) is 7.82. The number of ether oxygens (including phenoxy) is 1. The molecule has 2 rings (SSSR count). The van der Waals surface area contributed by atoms with E-state index in [2.05, 4.69) is 20.6 Å². The number of aromatic nitrogens is 2. The second-order valence-corrected chi connectivity index (χ2v) is 6.59. The fourth-order valence-electron chi connectivity index (χ4n) is 2.19. The summed E-state index contributed by atoms with van der Waals surface area (Å²) in [6.45, 7) is 8.25. The number of anilines is 1. The van der Waals surface area contributed by atoms with E-state index in [0.29, 0.717) is 18.2 Å². The summed E-state index contributed by atoms with van der Waals surface area (Å²) in [4.78, 5) is 21.1. The maximum Gasteiger partial charge on any atom is 0.270 e. The first-order valence-corrected chi connectivity index (χ1v) is 7.82. The SMILES string of the molecule is COc1ccccc1CNC(=O)c1cc(C)nc(NC(C)(C)C)n1. The van der Waals surface area contributed by atoms with E-state index in [1.807, 2.05) is 52.0 Å². The van der Waals surface area contributed by atoms with Crippen LogP contribution in [0.3, 0.4) is 0 Å². The quantitative estimate of drug-likeness (QED) is 0.882. The summed E-state index contributed by atoms with van der Waals surface area (Å²) in [6.07, 6.45) is 0. The van der Waals surface area contributed by atoms with Crippen LogP contribution in [0, 0.1) is 6.92 Å². The zero-order chi connectivity index (χ0) is 17.7. The number of nitrogens with zero attached hydrogens (tertiary/aromatic N) is 2. The number of rotatable bonds is 5. The largest absolute Gasteiger partial charge is 0.496 e. The van der Waals surface area contributed by atoms with Crippen molar-refractivity contribution in [1.29, 1.82) is 0 Å². The van der Waals surface area contributed by atoms with Crippen molar-refractivity contribution in [2.75, 3.05) is 12.4 Å². The van der Waals surface area contributed by atoms with Gasteiger partial charge in [0.25, 0.3) is 5.91 Å². The van der Waals surface area contributed by atoms with E-state index < -0.39 is 0 Å². The van der Waals surface area contributed by atoms with Gasteiger partial charge in [0, 0.05) is 23.3 Å². The van der Waals surface area contributed by atoms with E-state index in [0.717, 1.165) is 17.0 Å². The Morgan fingerprint density at radius 3 is 2.58 bits per heavy atom. The minimum atomic E-state index is -0.247. The lowest BCUT2D eigenvalue weighted by molar-refractivity contribution is 0.0945. The highest BCUT2D eigenvalue weighted by molar-refractivity contribution is 5.92. The van der Waals surface area contributed by atoms with Gasteiger partial charge in [0.05, 0.1) is 7.11 Å². The lowest BCUT2D eigenvalue weighted by Crippen LogP contribution is -2.29. The molecule has 1 heterocycles. The van der Waals surface area contributed by atoms with Crippen molar-refractivity contribution in [3.8, 4) is 5.75 Å². The first kappa shape index (κ1) is 17.7. The highest BCUT2D eigenvalue weighted by atomic mass is 16.5. The minimum Gasteiger partial charge on any atom is -0.496 e. The Morgan fingerprint density at radius 2 is 1.92 bits per heavy atom. The average molecular weight is 328 g/mol. The molecule has 1 aromatic carbocycles. The number of hydrogen-bond acceptors (Lipinski definition) is 5. The standard InChI is InChI=1S/C18H24N4O2/c1-12-10-14(21-17(20-12)22-18(2,3)4)16(23)19-11-13-8-6-7-9-15(13)24-5/h6-10H,11H2,1-5H3,(H,19,23)(H,20,21,22). The van der Waals surface area contributed by atoms with Crippen LogP contribution in [0.15, 0.2) is 30.3 Å². The number of carbonyl (C=O) groups excluding carboxylic acids is 1. The monoisotopic (exact) mass is 328 g/mol. The molecule has 6 nitrogen and oxygen atoms in total. The normalized spacial score (nSPS) is 11.0. The predicted molar refractivity (Wildman–Crippen MR) is 94.3 cm³/mol. The van der Waals surface area contributed by atoms with E-state index in [4.69, 9.17) is 4.74 Å². The van der Waals surface area contributed by atoms with Gasteiger partial charge in [-0.2, -0.15) is 0 Å². The molecule has 0 aliphatic carbocycles. The van der Waals surface area contributed by atoms with Gasteiger partial charge in [0.2, 0.25) is 5.95 Å². The van der Waals surface area contributed by atoms with Gasteiger partial charge < -0.3 is 15.4 Å². The Balaban J connectivity index is 2.12. The van der Waals surface area contributed by atoms with E-state index in [1.165, 1.54) is 0 Å². The first-order chi connectivity index (χ1) is 11.3. The van der Waals surface area contributed by atoms with Crippen molar-refractivity contribution in [3.05, 3.63) is 47.3 Å². The van der Waals surface area contributed by atoms with Crippen molar-refractivity contribution in [1.82, 2.24) is 15.3 Å². The van der Waals surface area contributed by atoms with Crippen molar-refractivity contribution >= 4 is 11.9 Å². The molecule has 0 bridgehead atoms. The van der Waals surface area contributed by atoms with Crippen molar-refractivity contribution < 1.29 is 9.53 Å². The van der Waals surface area contributed by atoms with Crippen LogP contribution in [0.25, 0.3) is 0 Å². The lowest BCUT2D eigenvalue weighted by Gasteiger charge is -2.20. The fraction of sp³-hybridized carbons (Fsp3) is 0.389. The smallest absolute Gasteiger partial charge is 0.270 e. The van der Waals surface area contributed by atoms with Gasteiger partial charge in [-0.15, -0.1) is 0 Å². The molecule has 0 saturated carbocycles. The summed E-state index contributed by atoms with van der Waals surface area (Å²) >= 11 is 0. The molecule has 0 aliphatic heterocycles. The van der Waals surface area contributed by atoms with Gasteiger partial charge in [-0.3, -0.25) is 4.79 Å². The van der Waals surface area contributed by atoms with Crippen LogP contribution in [0.4, 0.5) is 5.95 Å². The van der Waals surface area contributed by atoms with Crippen LogP contribution in [-0.2, 0) is 6.54 Å². The van der Waals surface area contributed by atoms with Crippen LogP contribution >= 0.6 is 0 Å². The molecule has 0 aliphatic rings. The summed E-state index contributed by atoms with van der Waals surface area (Å²) in [6, 6.07) is 9.25. The van der Waals surface area contributed by atoms with Crippen LogP contribution in [0.5, 0.6) is 5.75 Å². The van der Waals surface area contributed by atoms with Gasteiger partial charge >= 0.3 is 0 Å². The second kappa shape index (κ2) is 7.29. The van der Waals surface area contributed by atoms with E-state index in [9.17, 15) is 4.79 Å². The third-order valence-electron chi connectivity index (χ3n) is 3.21. The zero-order valence-electron chi connectivity index (χ0n) is 14.8. The van der Waals surface area contributed by atoms with Gasteiger partial charge in [-0.05, 0) is 39.8 Å². The molecular formula is C18H24N4O2. The highest BCUT2D eigenvalue weighted by Crippen LogP contribution is 2.17. The summed E-state index contributed by atoms with van der Waals surface area (Å²) < 4.78 is 5.29. The third kappa shape index (κ3) is 4.94. The van der Waals surface area contributed by atoms with Crippen molar-refractivity contribution in [3.63, 3.8) is 0 Å². The molecule has 0 unspecified atom stereocenters. The van der Waals surface area contributed by atoms with Gasteiger partial charge in [0.15, 0.2) is 0 Å². The molecule has 6 heteroatoms. The molecule has 24 heavy (non-hydrogen) atoms. The van der Waals surface area contributed by atoms with E-state index >= 15 is 0 Å². The van der Waals surface area contributed by atoms with E-state index in [1.54, 1.807) is 13.2 Å². The molecule has 2 N–H and O–H groups in total. The number of carbonyl (C=O) groups is 1. The van der Waals surface area contributed by atoms with Gasteiger partial charge in [0.1, 0.15) is 11.4 Å². The summed E-state index contributed by atoms with van der Waals surface area (Å²) in [5, 5.41) is 6.06.